The van der Waals surface area contributed by atoms with Crippen molar-refractivity contribution in [2.45, 2.75) is 49.7 Å². The van der Waals surface area contributed by atoms with Crippen LogP contribution in [0.3, 0.4) is 0 Å². The second-order valence-corrected chi connectivity index (χ2v) is 34.1. The number of hydrogen-bond donors (Lipinski definition) is 2. The predicted octanol–water partition coefficient (Wildman–Crippen LogP) is 26.1. The average molecular weight is 1690 g/mol. The third-order valence-electron chi connectivity index (χ3n) is 25.4. The van der Waals surface area contributed by atoms with E-state index in [1.807, 2.05) is 194 Å². The van der Waals surface area contributed by atoms with Crippen LogP contribution in [-0.4, -0.2) is 48.2 Å². The molecule has 0 atom stereocenters. The van der Waals surface area contributed by atoms with Gasteiger partial charge in [-0.2, -0.15) is 10.5 Å². The van der Waals surface area contributed by atoms with Gasteiger partial charge in [0, 0.05) is 60.6 Å². The molecule has 16 aromatic carbocycles. The van der Waals surface area contributed by atoms with Crippen LogP contribution in [0.2, 0.25) is 0 Å². The first kappa shape index (κ1) is 77.9. The van der Waals surface area contributed by atoms with Gasteiger partial charge in [0.15, 0.2) is 34.9 Å². The summed E-state index contributed by atoms with van der Waals surface area (Å²) in [4.78, 5) is 28.9. The molecule has 18 aromatic rings. The van der Waals surface area contributed by atoms with E-state index in [2.05, 4.69) is 266 Å². The number of benzene rings is 16. The Morgan fingerprint density at radius 1 is 0.254 bits per heavy atom. The van der Waals surface area contributed by atoms with Crippen molar-refractivity contribution < 1.29 is 9.31 Å². The molecule has 0 radical (unpaired) electrons. The number of para-hydroxylation sites is 4. The van der Waals surface area contributed by atoms with Crippen molar-refractivity contribution in [2.75, 3.05) is 10.6 Å². The van der Waals surface area contributed by atoms with Crippen LogP contribution in [-0.2, 0) is 20.1 Å². The highest BCUT2D eigenvalue weighted by molar-refractivity contribution is 9.10. The van der Waals surface area contributed by atoms with Crippen molar-refractivity contribution in [2.24, 2.45) is 0 Å². The lowest BCUT2D eigenvalue weighted by molar-refractivity contribution is 0.00578. The molecule has 598 valence electrons. The largest absolute Gasteiger partial charge is 0.494 e. The molecule has 2 spiro atoms. The number of anilines is 4. The van der Waals surface area contributed by atoms with Crippen LogP contribution < -0.4 is 16.1 Å². The minimum Gasteiger partial charge on any atom is -0.399 e. The van der Waals surface area contributed by atoms with Crippen molar-refractivity contribution in [3.63, 3.8) is 0 Å². The van der Waals surface area contributed by atoms with Gasteiger partial charge in [0.2, 0.25) is 0 Å². The molecule has 2 N–H and O–H groups in total. The van der Waals surface area contributed by atoms with Crippen LogP contribution in [0.4, 0.5) is 22.7 Å². The SMILES string of the molecule is Brc1ccc(-c2nc(-c3ccccc3)nc(-c3ccccc3)n2)cc1.CC1(C)OB(c2ccc3c(c2)C2(c4ccccc4Nc4ccccc42)c2cc(-c4ccc(C#N)cc4)ccc2-3)OC1(C)C.N#Cc1ccc(-c2ccc3c(c2)C2(c4ccccc4Nc4ccccc42)c2cc(-c4ccc(-c5nc(-c6ccccc6)nc(-c6ccccc6)n5)cc4)ccc2-3)cc1. The molecule has 0 bridgehead atoms. The van der Waals surface area contributed by atoms with E-state index in [1.165, 1.54) is 66.8 Å². The van der Waals surface area contributed by atoms with Gasteiger partial charge in [0.1, 0.15) is 0 Å². The number of fused-ring (bicyclic) bond motifs is 18. The number of nitrogens with zero attached hydrogens (tertiary/aromatic N) is 8. The van der Waals surface area contributed by atoms with E-state index in [4.69, 9.17) is 34.2 Å². The Bertz CT molecular complexity index is 7150. The highest BCUT2D eigenvalue weighted by Gasteiger charge is 2.55. The molecule has 126 heavy (non-hydrogen) atoms. The molecule has 5 aliphatic rings. The zero-order valence-corrected chi connectivity index (χ0v) is 70.9. The summed E-state index contributed by atoms with van der Waals surface area (Å²) < 4.78 is 14.1. The first-order valence-corrected chi connectivity index (χ1v) is 43.0. The topological polar surface area (TPSA) is 167 Å². The predicted molar refractivity (Wildman–Crippen MR) is 509 cm³/mol. The second kappa shape index (κ2) is 31.8. The Morgan fingerprint density at radius 3 is 0.794 bits per heavy atom. The number of nitriles is 2. The summed E-state index contributed by atoms with van der Waals surface area (Å²) in [5, 5.41) is 26.3. The van der Waals surface area contributed by atoms with E-state index >= 15 is 0 Å². The van der Waals surface area contributed by atoms with E-state index in [9.17, 15) is 10.5 Å². The van der Waals surface area contributed by atoms with Gasteiger partial charge >= 0.3 is 7.12 Å². The van der Waals surface area contributed by atoms with E-state index in [0.717, 1.165) is 99.4 Å². The first-order valence-electron chi connectivity index (χ1n) is 42.2. The van der Waals surface area contributed by atoms with Crippen molar-refractivity contribution in [1.29, 1.82) is 10.5 Å². The highest BCUT2D eigenvalue weighted by Crippen LogP contribution is 2.64. The average Bonchev–Trinajstić information content (AvgIpc) is 1.51. The van der Waals surface area contributed by atoms with Gasteiger partial charge < -0.3 is 19.9 Å². The number of hydrogen-bond acceptors (Lipinski definition) is 12. The minimum absolute atomic E-state index is 0.429. The summed E-state index contributed by atoms with van der Waals surface area (Å²) >= 11 is 3.47. The van der Waals surface area contributed by atoms with Crippen molar-refractivity contribution >= 4 is 51.3 Å². The van der Waals surface area contributed by atoms with Crippen LogP contribution in [0.25, 0.3) is 124 Å². The Balaban J connectivity index is 0.000000125. The molecule has 3 aliphatic heterocycles. The standard InChI is InChI=1S/C53H33N5.C38H31BN2O2.C21H14BrN3/c54-33-34-19-21-35(22-20-34)40-27-29-42-43-30-28-41(32-47(43)53(46(42)31-40)44-15-7-9-17-48(44)55-49-18-10-8-16-45(49)53)36-23-25-39(26-24-36)52-57-50(37-11-3-1-4-12-37)56-51(58-52)38-13-5-2-6-14-38;1-36(2)37(3,4)43-39(42-36)27-18-20-29-28-19-17-26(25-15-13-24(23-40)14-16-25)21-32(28)38(33(29)22-27)30-9-5-7-11-34(30)41-35-12-8-6-10-31(35)38;22-18-13-11-17(12-14-18)21-24-19(15-7-3-1-4-8-15)23-20(25-21)16-9-5-2-6-10-16/h1-32,55H;5-22,41H,1-4H3;1-14H. The molecule has 2 aliphatic carbocycles. The van der Waals surface area contributed by atoms with Gasteiger partial charge in [-0.15, -0.1) is 0 Å². The van der Waals surface area contributed by atoms with Crippen molar-refractivity contribution in [1.82, 2.24) is 29.9 Å². The molecule has 14 heteroatoms. The van der Waals surface area contributed by atoms with Crippen LogP contribution >= 0.6 is 15.9 Å². The monoisotopic (exact) mass is 1680 g/mol. The van der Waals surface area contributed by atoms with Crippen LogP contribution in [0, 0.1) is 22.7 Å². The van der Waals surface area contributed by atoms with E-state index in [1.54, 1.807) is 0 Å². The maximum absolute atomic E-state index is 9.48. The molecule has 0 amide bonds. The van der Waals surface area contributed by atoms with Gasteiger partial charge in [-0.05, 0) is 212 Å². The number of aromatic nitrogens is 6. The fourth-order valence-corrected chi connectivity index (χ4v) is 18.8. The molecule has 5 heterocycles. The van der Waals surface area contributed by atoms with Crippen LogP contribution in [0.15, 0.2) is 393 Å². The number of nitrogens with one attached hydrogen (secondary N) is 2. The summed E-state index contributed by atoms with van der Waals surface area (Å²) in [6.07, 6.45) is 0. The molecule has 1 saturated heterocycles. The maximum atomic E-state index is 9.48. The van der Waals surface area contributed by atoms with Gasteiger partial charge in [-0.3, -0.25) is 0 Å². The smallest absolute Gasteiger partial charge is 0.399 e. The number of halogens is 1. The molecule has 2 aromatic heterocycles. The normalized spacial score (nSPS) is 14.0. The minimum atomic E-state index is -0.575. The third kappa shape index (κ3) is 13.6. The summed E-state index contributed by atoms with van der Waals surface area (Å²) in [6, 6.07) is 139. The van der Waals surface area contributed by atoms with E-state index in [0.29, 0.717) is 46.1 Å². The Kier molecular flexibility index (Phi) is 19.7. The lowest BCUT2D eigenvalue weighted by atomic mass is 9.64. The van der Waals surface area contributed by atoms with Gasteiger partial charge in [0.25, 0.3) is 0 Å². The maximum Gasteiger partial charge on any atom is 0.494 e. The van der Waals surface area contributed by atoms with Crippen LogP contribution in [0.5, 0.6) is 0 Å². The summed E-state index contributed by atoms with van der Waals surface area (Å²) in [5.41, 5.74) is 31.8. The molecule has 23 rings (SSSR count). The summed E-state index contributed by atoms with van der Waals surface area (Å²) in [5.74, 6) is 3.92. The summed E-state index contributed by atoms with van der Waals surface area (Å²) in [7, 11) is -0.461. The third-order valence-corrected chi connectivity index (χ3v) is 25.9. The zero-order chi connectivity index (χ0) is 85.3. The molecular weight excluding hydrogens is 1610 g/mol. The highest BCUT2D eigenvalue weighted by atomic mass is 79.9. The second-order valence-electron chi connectivity index (χ2n) is 33.1. The molecule has 0 unspecified atom stereocenters. The number of rotatable bonds is 10. The summed E-state index contributed by atoms with van der Waals surface area (Å²) in [6.45, 7) is 8.40. The quantitative estimate of drug-likeness (QED) is 0.125. The lowest BCUT2D eigenvalue weighted by Gasteiger charge is -2.40. The lowest BCUT2D eigenvalue weighted by Crippen LogP contribution is -2.41. The van der Waals surface area contributed by atoms with Crippen LogP contribution in [0.1, 0.15) is 83.3 Å². The Labute approximate surface area is 740 Å². The molecule has 0 saturated carbocycles. The fraction of sp³-hybridized carbons (Fsp3) is 0.0714. The van der Waals surface area contributed by atoms with Crippen molar-refractivity contribution in [3.8, 4) is 136 Å². The Morgan fingerprint density at radius 2 is 0.492 bits per heavy atom. The first-order chi connectivity index (χ1) is 61.7. The van der Waals surface area contributed by atoms with E-state index in [-0.39, 0.29) is 0 Å². The van der Waals surface area contributed by atoms with E-state index < -0.39 is 29.2 Å². The Hall–Kier alpha value is -15.4. The van der Waals surface area contributed by atoms with Gasteiger partial charge in [-0.1, -0.05) is 325 Å². The molecular formula is C112H78BBrN10O2. The van der Waals surface area contributed by atoms with Crippen molar-refractivity contribution in [3.05, 3.63) is 448 Å². The molecule has 12 nitrogen and oxygen atoms in total. The molecule has 1 fully saturated rings. The van der Waals surface area contributed by atoms with Gasteiger partial charge in [-0.25, -0.2) is 29.9 Å². The fourth-order valence-electron chi connectivity index (χ4n) is 18.5. The zero-order valence-electron chi connectivity index (χ0n) is 69.3. The van der Waals surface area contributed by atoms with Gasteiger partial charge in [0.05, 0.1) is 45.3 Å².